The first-order chi connectivity index (χ1) is 13.0. The Balaban J connectivity index is 1.50. The number of rotatable bonds is 5. The summed E-state index contributed by atoms with van der Waals surface area (Å²) in [4.78, 5) is 26.0. The Morgan fingerprint density at radius 1 is 1.07 bits per heavy atom. The van der Waals surface area contributed by atoms with E-state index < -0.39 is 24.2 Å². The lowest BCUT2D eigenvalue weighted by molar-refractivity contribution is -0.119. The summed E-state index contributed by atoms with van der Waals surface area (Å²) < 4.78 is 10.2. The van der Waals surface area contributed by atoms with Gasteiger partial charge in [-0.2, -0.15) is 0 Å². The summed E-state index contributed by atoms with van der Waals surface area (Å²) in [5, 5.41) is 21.5. The van der Waals surface area contributed by atoms with Crippen LogP contribution in [-0.4, -0.2) is 55.0 Å². The van der Waals surface area contributed by atoms with Crippen molar-refractivity contribution >= 4 is 23.3 Å². The van der Waals surface area contributed by atoms with Gasteiger partial charge in [-0.1, -0.05) is 0 Å². The Bertz CT molecular complexity index is 815. The number of nitrogens with one attached hydrogen (secondary N) is 1. The highest BCUT2D eigenvalue weighted by Gasteiger charge is 2.15. The van der Waals surface area contributed by atoms with E-state index in [0.29, 0.717) is 18.9 Å². The molecule has 1 fully saturated rings. The van der Waals surface area contributed by atoms with Crippen molar-refractivity contribution in [2.45, 2.75) is 0 Å². The Kier molecular flexibility index (Phi) is 5.77. The maximum atomic E-state index is 12.0. The van der Waals surface area contributed by atoms with Crippen LogP contribution in [0.25, 0.3) is 0 Å². The minimum absolute atomic E-state index is 0.129. The molecule has 0 aliphatic carbocycles. The van der Waals surface area contributed by atoms with Gasteiger partial charge in [0.05, 0.1) is 13.2 Å². The minimum atomic E-state index is -0.856. The summed E-state index contributed by atoms with van der Waals surface area (Å²) in [5.74, 6) is -1.95. The molecule has 3 N–H and O–H groups in total. The number of phenols is 2. The largest absolute Gasteiger partial charge is 0.508 e. The van der Waals surface area contributed by atoms with Crippen LogP contribution in [-0.2, 0) is 14.3 Å². The Hall–Kier alpha value is -3.26. The smallest absolute Gasteiger partial charge is 0.342 e. The fourth-order valence-corrected chi connectivity index (χ4v) is 2.68. The van der Waals surface area contributed by atoms with E-state index in [4.69, 9.17) is 9.47 Å². The minimum Gasteiger partial charge on any atom is -0.508 e. The van der Waals surface area contributed by atoms with Gasteiger partial charge in [0.15, 0.2) is 6.61 Å². The first-order valence-electron chi connectivity index (χ1n) is 8.44. The summed E-state index contributed by atoms with van der Waals surface area (Å²) in [7, 11) is 0. The highest BCUT2D eigenvalue weighted by Crippen LogP contribution is 2.23. The number of ether oxygens (including phenoxy) is 2. The van der Waals surface area contributed by atoms with Gasteiger partial charge in [0.1, 0.15) is 17.1 Å². The lowest BCUT2D eigenvalue weighted by atomic mass is 10.2. The number of carbonyl (C=O) groups is 2. The van der Waals surface area contributed by atoms with Crippen LogP contribution in [0.15, 0.2) is 42.5 Å². The monoisotopic (exact) mass is 372 g/mol. The molecule has 2 aromatic carbocycles. The van der Waals surface area contributed by atoms with Crippen LogP contribution in [0.2, 0.25) is 0 Å². The molecule has 1 amide bonds. The summed E-state index contributed by atoms with van der Waals surface area (Å²) >= 11 is 0. The van der Waals surface area contributed by atoms with Crippen LogP contribution < -0.4 is 10.2 Å². The average molecular weight is 372 g/mol. The molecule has 0 aromatic heterocycles. The normalized spacial score (nSPS) is 13.9. The summed E-state index contributed by atoms with van der Waals surface area (Å²) in [5.41, 5.74) is 1.50. The van der Waals surface area contributed by atoms with E-state index >= 15 is 0 Å². The highest BCUT2D eigenvalue weighted by molar-refractivity contribution is 5.96. The van der Waals surface area contributed by atoms with Crippen LogP contribution in [0.5, 0.6) is 11.5 Å². The van der Waals surface area contributed by atoms with E-state index in [9.17, 15) is 19.8 Å². The number of anilines is 2. The van der Waals surface area contributed by atoms with Gasteiger partial charge >= 0.3 is 5.97 Å². The average Bonchev–Trinajstić information content (AvgIpc) is 2.67. The van der Waals surface area contributed by atoms with Crippen molar-refractivity contribution in [3.8, 4) is 11.5 Å². The lowest BCUT2D eigenvalue weighted by Crippen LogP contribution is -2.36. The number of hydrogen-bond acceptors (Lipinski definition) is 7. The molecule has 1 aliphatic heterocycles. The predicted molar refractivity (Wildman–Crippen MR) is 98.2 cm³/mol. The maximum absolute atomic E-state index is 12.0. The zero-order valence-electron chi connectivity index (χ0n) is 14.6. The molecule has 1 heterocycles. The molecule has 1 aliphatic rings. The predicted octanol–water partition coefficient (Wildman–Crippen LogP) is 1.73. The molecule has 27 heavy (non-hydrogen) atoms. The number of phenolic OH excluding ortho intramolecular Hbond substituents is 2. The molecule has 0 bridgehead atoms. The molecule has 0 unspecified atom stereocenters. The van der Waals surface area contributed by atoms with E-state index in [1.807, 2.05) is 12.1 Å². The van der Waals surface area contributed by atoms with Gasteiger partial charge in [-0.3, -0.25) is 4.79 Å². The van der Waals surface area contributed by atoms with Crippen molar-refractivity contribution in [1.29, 1.82) is 0 Å². The van der Waals surface area contributed by atoms with Crippen LogP contribution in [0.1, 0.15) is 10.4 Å². The molecule has 2 aromatic rings. The van der Waals surface area contributed by atoms with Crippen molar-refractivity contribution in [3.05, 3.63) is 48.0 Å². The second-order valence-electron chi connectivity index (χ2n) is 5.97. The third kappa shape index (κ3) is 4.89. The molecule has 8 nitrogen and oxygen atoms in total. The van der Waals surface area contributed by atoms with E-state index in [1.165, 1.54) is 12.1 Å². The number of esters is 1. The third-order valence-electron chi connectivity index (χ3n) is 4.06. The van der Waals surface area contributed by atoms with Gasteiger partial charge in [0.25, 0.3) is 5.91 Å². The number of aromatic hydroxyl groups is 2. The zero-order chi connectivity index (χ0) is 19.2. The van der Waals surface area contributed by atoms with Gasteiger partial charge < -0.3 is 29.9 Å². The van der Waals surface area contributed by atoms with E-state index in [2.05, 4.69) is 10.2 Å². The van der Waals surface area contributed by atoms with E-state index in [-0.39, 0.29) is 11.3 Å². The quantitative estimate of drug-likeness (QED) is 0.686. The number of carbonyl (C=O) groups excluding carboxylic acids is 2. The molecular weight excluding hydrogens is 352 g/mol. The molecule has 0 atom stereocenters. The van der Waals surface area contributed by atoms with Gasteiger partial charge in [0.2, 0.25) is 0 Å². The highest BCUT2D eigenvalue weighted by atomic mass is 16.5. The standard InChI is InChI=1S/C19H20N2O6/c22-15-5-6-16(17(23)11-15)19(25)27-12-18(24)20-13-1-3-14(4-2-13)21-7-9-26-10-8-21/h1-6,11,22-23H,7-10,12H2,(H,20,24). The molecule has 8 heteroatoms. The van der Waals surface area contributed by atoms with Gasteiger partial charge in [-0.15, -0.1) is 0 Å². The molecular formula is C19H20N2O6. The Labute approximate surface area is 155 Å². The van der Waals surface area contributed by atoms with Gasteiger partial charge in [0, 0.05) is 30.5 Å². The van der Waals surface area contributed by atoms with Gasteiger partial charge in [-0.25, -0.2) is 4.79 Å². The second kappa shape index (κ2) is 8.41. The lowest BCUT2D eigenvalue weighted by Gasteiger charge is -2.28. The zero-order valence-corrected chi connectivity index (χ0v) is 14.6. The molecule has 0 radical (unpaired) electrons. The molecule has 1 saturated heterocycles. The second-order valence-corrected chi connectivity index (χ2v) is 5.97. The molecule has 3 rings (SSSR count). The fourth-order valence-electron chi connectivity index (χ4n) is 2.68. The maximum Gasteiger partial charge on any atom is 0.342 e. The number of benzene rings is 2. The Morgan fingerprint density at radius 3 is 2.44 bits per heavy atom. The third-order valence-corrected chi connectivity index (χ3v) is 4.06. The van der Waals surface area contributed by atoms with Crippen LogP contribution in [0.3, 0.4) is 0 Å². The molecule has 0 spiro atoms. The number of amides is 1. The number of morpholine rings is 1. The van der Waals surface area contributed by atoms with Crippen molar-refractivity contribution in [1.82, 2.24) is 0 Å². The van der Waals surface area contributed by atoms with Crippen LogP contribution in [0.4, 0.5) is 11.4 Å². The molecule has 142 valence electrons. The van der Waals surface area contributed by atoms with E-state index in [1.54, 1.807) is 12.1 Å². The summed E-state index contributed by atoms with van der Waals surface area (Å²) in [6, 6.07) is 10.8. The van der Waals surface area contributed by atoms with Crippen molar-refractivity contribution < 1.29 is 29.3 Å². The fraction of sp³-hybridized carbons (Fsp3) is 0.263. The summed E-state index contributed by atoms with van der Waals surface area (Å²) in [6.45, 7) is 2.54. The Morgan fingerprint density at radius 2 is 1.78 bits per heavy atom. The number of nitrogens with zero attached hydrogens (tertiary/aromatic N) is 1. The van der Waals surface area contributed by atoms with Gasteiger partial charge in [-0.05, 0) is 36.4 Å². The molecule has 0 saturated carbocycles. The SMILES string of the molecule is O=C(COC(=O)c1ccc(O)cc1O)Nc1ccc(N2CCOCC2)cc1. The van der Waals surface area contributed by atoms with Crippen molar-refractivity contribution in [3.63, 3.8) is 0 Å². The van der Waals surface area contributed by atoms with E-state index in [0.717, 1.165) is 24.8 Å². The number of hydrogen-bond donors (Lipinski definition) is 3. The first kappa shape index (κ1) is 18.5. The van der Waals surface area contributed by atoms with Crippen molar-refractivity contribution in [2.24, 2.45) is 0 Å². The van der Waals surface area contributed by atoms with Crippen molar-refractivity contribution in [2.75, 3.05) is 43.1 Å². The summed E-state index contributed by atoms with van der Waals surface area (Å²) in [6.07, 6.45) is 0. The van der Waals surface area contributed by atoms with Crippen LogP contribution in [0, 0.1) is 0 Å². The topological polar surface area (TPSA) is 108 Å². The first-order valence-corrected chi connectivity index (χ1v) is 8.44. The van der Waals surface area contributed by atoms with Crippen LogP contribution >= 0.6 is 0 Å².